The highest BCUT2D eigenvalue weighted by molar-refractivity contribution is 5.92. The van der Waals surface area contributed by atoms with Crippen molar-refractivity contribution in [2.24, 2.45) is 0 Å². The van der Waals surface area contributed by atoms with Gasteiger partial charge in [-0.2, -0.15) is 0 Å². The second-order valence-corrected chi connectivity index (χ2v) is 3.54. The molecule has 0 radical (unpaired) electrons. The van der Waals surface area contributed by atoms with Gasteiger partial charge < -0.3 is 10.6 Å². The minimum absolute atomic E-state index is 0.0607. The predicted molar refractivity (Wildman–Crippen MR) is 53.2 cm³/mol. The minimum atomic E-state index is -0.0607. The molecule has 3 heteroatoms. The Bertz CT molecular complexity index is 195. The Morgan fingerprint density at radius 3 is 2.46 bits per heavy atom. The van der Waals surface area contributed by atoms with Gasteiger partial charge in [-0.3, -0.25) is 4.79 Å². The molecule has 74 valence electrons. The SMILES string of the molecule is C=C(NC)C(=O)NC1CCCCC1. The standard InChI is InChI=1S/C10H18N2O/c1-8(11-2)10(13)12-9-6-4-3-5-7-9/h9,11H,1,3-7H2,2H3,(H,12,13). The molecule has 1 fully saturated rings. The summed E-state index contributed by atoms with van der Waals surface area (Å²) in [6.07, 6.45) is 6.00. The van der Waals surface area contributed by atoms with Crippen LogP contribution in [0.25, 0.3) is 0 Å². The molecule has 0 bridgehead atoms. The molecule has 13 heavy (non-hydrogen) atoms. The predicted octanol–water partition coefficient (Wildman–Crippen LogP) is 1.17. The number of amides is 1. The van der Waals surface area contributed by atoms with E-state index < -0.39 is 0 Å². The highest BCUT2D eigenvalue weighted by Gasteiger charge is 2.16. The molecule has 0 heterocycles. The summed E-state index contributed by atoms with van der Waals surface area (Å²) in [5.74, 6) is -0.0607. The van der Waals surface area contributed by atoms with Crippen molar-refractivity contribution in [2.45, 2.75) is 38.1 Å². The lowest BCUT2D eigenvalue weighted by Crippen LogP contribution is -2.39. The number of likely N-dealkylation sites (N-methyl/N-ethyl adjacent to an activating group) is 1. The van der Waals surface area contributed by atoms with Crippen LogP contribution in [0.15, 0.2) is 12.3 Å². The fraction of sp³-hybridized carbons (Fsp3) is 0.700. The lowest BCUT2D eigenvalue weighted by molar-refractivity contribution is -0.118. The molecular weight excluding hydrogens is 164 g/mol. The summed E-state index contributed by atoms with van der Waals surface area (Å²) in [6.45, 7) is 3.62. The molecule has 0 spiro atoms. The molecule has 1 amide bonds. The van der Waals surface area contributed by atoms with Crippen LogP contribution in [-0.2, 0) is 4.79 Å². The Kier molecular flexibility index (Phi) is 3.80. The van der Waals surface area contributed by atoms with E-state index in [9.17, 15) is 4.79 Å². The average Bonchev–Trinajstić information content (AvgIpc) is 2.18. The first-order valence-electron chi connectivity index (χ1n) is 4.91. The van der Waals surface area contributed by atoms with Gasteiger partial charge in [0.25, 0.3) is 5.91 Å². The van der Waals surface area contributed by atoms with Gasteiger partial charge in [-0.25, -0.2) is 0 Å². The van der Waals surface area contributed by atoms with Crippen LogP contribution in [-0.4, -0.2) is 19.0 Å². The summed E-state index contributed by atoms with van der Waals surface area (Å²) in [5.41, 5.74) is 0.450. The topological polar surface area (TPSA) is 41.1 Å². The zero-order valence-corrected chi connectivity index (χ0v) is 8.23. The van der Waals surface area contributed by atoms with E-state index >= 15 is 0 Å². The lowest BCUT2D eigenvalue weighted by Gasteiger charge is -2.23. The Labute approximate surface area is 79.6 Å². The number of rotatable bonds is 3. The molecule has 0 aliphatic heterocycles. The smallest absolute Gasteiger partial charge is 0.266 e. The van der Waals surface area contributed by atoms with Gasteiger partial charge in [-0.1, -0.05) is 25.8 Å². The van der Waals surface area contributed by atoms with Crippen LogP contribution >= 0.6 is 0 Å². The number of carbonyl (C=O) groups is 1. The zero-order chi connectivity index (χ0) is 9.68. The van der Waals surface area contributed by atoms with E-state index in [2.05, 4.69) is 17.2 Å². The van der Waals surface area contributed by atoms with Gasteiger partial charge in [0, 0.05) is 13.1 Å². The third-order valence-corrected chi connectivity index (χ3v) is 2.52. The Hall–Kier alpha value is -0.990. The summed E-state index contributed by atoms with van der Waals surface area (Å²) in [7, 11) is 1.71. The van der Waals surface area contributed by atoms with Crippen molar-refractivity contribution in [1.82, 2.24) is 10.6 Å². The number of hydrogen-bond acceptors (Lipinski definition) is 2. The average molecular weight is 182 g/mol. The maximum absolute atomic E-state index is 11.4. The Morgan fingerprint density at radius 1 is 1.31 bits per heavy atom. The monoisotopic (exact) mass is 182 g/mol. The summed E-state index contributed by atoms with van der Waals surface area (Å²) in [4.78, 5) is 11.4. The number of carbonyl (C=O) groups excluding carboxylic acids is 1. The van der Waals surface area contributed by atoms with Crippen molar-refractivity contribution in [3.05, 3.63) is 12.3 Å². The fourth-order valence-corrected chi connectivity index (χ4v) is 1.63. The third kappa shape index (κ3) is 3.09. The Balaban J connectivity index is 2.30. The normalized spacial score (nSPS) is 17.9. The molecule has 1 aliphatic rings. The maximum Gasteiger partial charge on any atom is 0.266 e. The molecule has 0 unspecified atom stereocenters. The Morgan fingerprint density at radius 2 is 1.92 bits per heavy atom. The first-order valence-corrected chi connectivity index (χ1v) is 4.91. The lowest BCUT2D eigenvalue weighted by atomic mass is 9.95. The number of hydrogen-bond donors (Lipinski definition) is 2. The van der Waals surface area contributed by atoms with Crippen molar-refractivity contribution in [3.8, 4) is 0 Å². The number of nitrogens with one attached hydrogen (secondary N) is 2. The molecular formula is C10H18N2O. The molecule has 3 nitrogen and oxygen atoms in total. The molecule has 1 aliphatic carbocycles. The van der Waals surface area contributed by atoms with E-state index in [0.29, 0.717) is 11.7 Å². The quantitative estimate of drug-likeness (QED) is 0.643. The zero-order valence-electron chi connectivity index (χ0n) is 8.23. The van der Waals surface area contributed by atoms with Gasteiger partial charge in [0.15, 0.2) is 0 Å². The van der Waals surface area contributed by atoms with Crippen molar-refractivity contribution >= 4 is 5.91 Å². The highest BCUT2D eigenvalue weighted by atomic mass is 16.2. The minimum Gasteiger partial charge on any atom is -0.384 e. The van der Waals surface area contributed by atoms with Crippen molar-refractivity contribution in [1.29, 1.82) is 0 Å². The van der Waals surface area contributed by atoms with Crippen LogP contribution < -0.4 is 10.6 Å². The first-order chi connectivity index (χ1) is 6.24. The van der Waals surface area contributed by atoms with Crippen LogP contribution in [0.2, 0.25) is 0 Å². The van der Waals surface area contributed by atoms with Gasteiger partial charge in [0.1, 0.15) is 0 Å². The summed E-state index contributed by atoms with van der Waals surface area (Å²) in [5, 5.41) is 5.72. The van der Waals surface area contributed by atoms with Gasteiger partial charge in [-0.15, -0.1) is 0 Å². The molecule has 1 saturated carbocycles. The summed E-state index contributed by atoms with van der Waals surface area (Å²) < 4.78 is 0. The van der Waals surface area contributed by atoms with Crippen molar-refractivity contribution in [3.63, 3.8) is 0 Å². The van der Waals surface area contributed by atoms with Gasteiger partial charge in [0.05, 0.1) is 5.70 Å². The van der Waals surface area contributed by atoms with E-state index in [1.165, 1.54) is 19.3 Å². The second kappa shape index (κ2) is 4.90. The van der Waals surface area contributed by atoms with E-state index in [1.54, 1.807) is 7.05 Å². The largest absolute Gasteiger partial charge is 0.384 e. The van der Waals surface area contributed by atoms with Crippen LogP contribution in [0, 0.1) is 0 Å². The van der Waals surface area contributed by atoms with Crippen molar-refractivity contribution < 1.29 is 4.79 Å². The van der Waals surface area contributed by atoms with Gasteiger partial charge in [-0.05, 0) is 12.8 Å². The fourth-order valence-electron chi connectivity index (χ4n) is 1.63. The molecule has 0 saturated heterocycles. The molecule has 0 aromatic heterocycles. The van der Waals surface area contributed by atoms with E-state index in [1.807, 2.05) is 0 Å². The van der Waals surface area contributed by atoms with Crippen LogP contribution in [0.1, 0.15) is 32.1 Å². The summed E-state index contributed by atoms with van der Waals surface area (Å²) >= 11 is 0. The first kappa shape index (κ1) is 10.1. The van der Waals surface area contributed by atoms with Gasteiger partial charge >= 0.3 is 0 Å². The van der Waals surface area contributed by atoms with E-state index in [-0.39, 0.29) is 5.91 Å². The molecule has 0 aromatic carbocycles. The van der Waals surface area contributed by atoms with Crippen molar-refractivity contribution in [2.75, 3.05) is 7.05 Å². The highest BCUT2D eigenvalue weighted by Crippen LogP contribution is 2.17. The van der Waals surface area contributed by atoms with Crippen LogP contribution in [0.5, 0.6) is 0 Å². The van der Waals surface area contributed by atoms with Gasteiger partial charge in [0.2, 0.25) is 0 Å². The van der Waals surface area contributed by atoms with Crippen LogP contribution in [0.3, 0.4) is 0 Å². The summed E-state index contributed by atoms with van der Waals surface area (Å²) in [6, 6.07) is 0.367. The molecule has 0 aromatic rings. The van der Waals surface area contributed by atoms with E-state index in [0.717, 1.165) is 12.8 Å². The second-order valence-electron chi connectivity index (χ2n) is 3.54. The molecule has 0 atom stereocenters. The molecule has 1 rings (SSSR count). The van der Waals surface area contributed by atoms with E-state index in [4.69, 9.17) is 0 Å². The molecule has 2 N–H and O–H groups in total. The maximum atomic E-state index is 11.4. The van der Waals surface area contributed by atoms with Crippen LogP contribution in [0.4, 0.5) is 0 Å². The third-order valence-electron chi connectivity index (χ3n) is 2.52.